The number of benzene rings is 2. The number of anilines is 2. The van der Waals surface area contributed by atoms with Gasteiger partial charge in [0.15, 0.2) is 5.78 Å². The van der Waals surface area contributed by atoms with E-state index < -0.39 is 17.1 Å². The molecule has 0 unspecified atom stereocenters. The summed E-state index contributed by atoms with van der Waals surface area (Å²) in [4.78, 5) is 28.2. The van der Waals surface area contributed by atoms with Crippen LogP contribution >= 0.6 is 0 Å². The average molecular weight is 400 g/mol. The molecule has 1 amide bonds. The Kier molecular flexibility index (Phi) is 3.80. The number of nitriles is 1. The molecule has 1 aliphatic carbocycles. The second-order valence-electron chi connectivity index (χ2n) is 7.54. The van der Waals surface area contributed by atoms with Crippen molar-refractivity contribution in [3.05, 3.63) is 82.6 Å². The number of allylic oxidation sites excluding steroid dienone is 1. The zero-order chi connectivity index (χ0) is 21.0. The van der Waals surface area contributed by atoms with Crippen molar-refractivity contribution in [2.45, 2.75) is 24.7 Å². The van der Waals surface area contributed by atoms with Crippen molar-refractivity contribution in [3.63, 3.8) is 0 Å². The van der Waals surface area contributed by atoms with Gasteiger partial charge in [0.1, 0.15) is 23.1 Å². The molecule has 2 aromatic carbocycles. The van der Waals surface area contributed by atoms with Crippen molar-refractivity contribution in [1.29, 1.82) is 5.26 Å². The Morgan fingerprint density at radius 3 is 2.70 bits per heavy atom. The minimum atomic E-state index is -1.59. The van der Waals surface area contributed by atoms with Crippen LogP contribution in [0.15, 0.2) is 71.2 Å². The zero-order valence-electron chi connectivity index (χ0n) is 15.9. The van der Waals surface area contributed by atoms with Gasteiger partial charge in [-0.2, -0.15) is 5.26 Å². The van der Waals surface area contributed by atoms with Gasteiger partial charge in [0, 0.05) is 28.9 Å². The molecule has 7 heteroatoms. The minimum Gasteiger partial charge on any atom is -0.384 e. The highest BCUT2D eigenvalue weighted by molar-refractivity contribution is 6.19. The molecule has 0 radical (unpaired) electrons. The van der Waals surface area contributed by atoms with E-state index in [0.717, 1.165) is 0 Å². The van der Waals surface area contributed by atoms with E-state index in [2.05, 4.69) is 11.4 Å². The highest BCUT2D eigenvalue weighted by Crippen LogP contribution is 2.54. The molecule has 0 fully saturated rings. The molecule has 5 rings (SSSR count). The van der Waals surface area contributed by atoms with Gasteiger partial charge in [-0.05, 0) is 37.1 Å². The van der Waals surface area contributed by atoms with Crippen LogP contribution in [0, 0.1) is 17.1 Å². The Morgan fingerprint density at radius 2 is 1.93 bits per heavy atom. The molecule has 1 atom stereocenters. The molecule has 2 heterocycles. The van der Waals surface area contributed by atoms with Crippen molar-refractivity contribution >= 4 is 23.1 Å². The molecule has 2 aromatic rings. The van der Waals surface area contributed by atoms with E-state index in [9.17, 15) is 19.2 Å². The number of nitrogens with two attached hydrogens (primary N) is 1. The fraction of sp³-hybridized carbons (Fsp3) is 0.174. The number of nitrogens with one attached hydrogen (secondary N) is 1. The highest BCUT2D eigenvalue weighted by Gasteiger charge is 2.59. The number of hydrogen-bond acceptors (Lipinski definition) is 5. The second-order valence-corrected chi connectivity index (χ2v) is 7.54. The van der Waals surface area contributed by atoms with Crippen molar-refractivity contribution in [3.8, 4) is 6.07 Å². The summed E-state index contributed by atoms with van der Waals surface area (Å²) < 4.78 is 14.0. The third-order valence-electron chi connectivity index (χ3n) is 6.00. The molecule has 3 N–H and O–H groups in total. The number of Topliss-reactive ketones (excluding diaryl/α,β-unsaturated/α-hetero) is 1. The summed E-state index contributed by atoms with van der Waals surface area (Å²) in [5.74, 6) is -1.11. The Labute approximate surface area is 172 Å². The van der Waals surface area contributed by atoms with Crippen LogP contribution < -0.4 is 16.0 Å². The molecule has 1 spiro atoms. The molecule has 6 nitrogen and oxygen atoms in total. The predicted octanol–water partition coefficient (Wildman–Crippen LogP) is 3.24. The SMILES string of the molecule is N#CC1=C(N)N(c2cccc(F)c2)C2=C(C(=O)CCC2)[C@@]12C(=O)Nc1ccccc12. The Balaban J connectivity index is 1.89. The first-order valence-corrected chi connectivity index (χ1v) is 9.64. The number of hydrogen-bond donors (Lipinski definition) is 2. The van der Waals surface area contributed by atoms with Gasteiger partial charge in [-0.15, -0.1) is 0 Å². The van der Waals surface area contributed by atoms with E-state index >= 15 is 0 Å². The van der Waals surface area contributed by atoms with E-state index in [4.69, 9.17) is 5.73 Å². The highest BCUT2D eigenvalue weighted by atomic mass is 19.1. The summed E-state index contributed by atoms with van der Waals surface area (Å²) in [7, 11) is 0. The summed E-state index contributed by atoms with van der Waals surface area (Å²) in [5, 5.41) is 12.9. The van der Waals surface area contributed by atoms with Crippen LogP contribution in [0.25, 0.3) is 0 Å². The van der Waals surface area contributed by atoms with Crippen molar-refractivity contribution in [2.24, 2.45) is 5.73 Å². The lowest BCUT2D eigenvalue weighted by Crippen LogP contribution is -2.50. The fourth-order valence-electron chi connectivity index (χ4n) is 4.86. The maximum atomic E-state index is 14.0. The van der Waals surface area contributed by atoms with Gasteiger partial charge in [0.05, 0.1) is 11.3 Å². The molecule has 0 saturated carbocycles. The predicted molar refractivity (Wildman–Crippen MR) is 108 cm³/mol. The van der Waals surface area contributed by atoms with Gasteiger partial charge < -0.3 is 11.1 Å². The zero-order valence-corrected chi connectivity index (χ0v) is 15.9. The summed E-state index contributed by atoms with van der Waals surface area (Å²) in [6, 6.07) is 14.9. The van der Waals surface area contributed by atoms with E-state index in [-0.39, 0.29) is 29.2 Å². The molecule has 0 aromatic heterocycles. The Bertz CT molecular complexity index is 1240. The maximum Gasteiger partial charge on any atom is 0.245 e. The van der Waals surface area contributed by atoms with E-state index in [1.165, 1.54) is 18.2 Å². The second kappa shape index (κ2) is 6.29. The summed E-state index contributed by atoms with van der Waals surface area (Å²) in [6.07, 6.45) is 1.33. The Morgan fingerprint density at radius 1 is 1.13 bits per heavy atom. The first-order valence-electron chi connectivity index (χ1n) is 9.64. The van der Waals surface area contributed by atoms with Crippen LogP contribution in [0.3, 0.4) is 0 Å². The molecule has 0 bridgehead atoms. The maximum absolute atomic E-state index is 14.0. The number of nitrogens with zero attached hydrogens (tertiary/aromatic N) is 2. The van der Waals surface area contributed by atoms with Crippen LogP contribution in [0.1, 0.15) is 24.8 Å². The fourth-order valence-corrected chi connectivity index (χ4v) is 4.86. The lowest BCUT2D eigenvalue weighted by molar-refractivity contribution is -0.122. The lowest BCUT2D eigenvalue weighted by Gasteiger charge is -2.43. The third kappa shape index (κ3) is 2.16. The van der Waals surface area contributed by atoms with Gasteiger partial charge in [-0.3, -0.25) is 14.5 Å². The Hall–Kier alpha value is -3.92. The number of carbonyl (C=O) groups is 2. The molecule has 3 aliphatic rings. The number of fused-ring (bicyclic) bond motifs is 3. The smallest absolute Gasteiger partial charge is 0.245 e. The molecular weight excluding hydrogens is 383 g/mol. The van der Waals surface area contributed by atoms with Crippen LogP contribution in [0.5, 0.6) is 0 Å². The van der Waals surface area contributed by atoms with Crippen LogP contribution in [0.4, 0.5) is 15.8 Å². The largest absolute Gasteiger partial charge is 0.384 e. The summed E-state index contributed by atoms with van der Waals surface area (Å²) >= 11 is 0. The average Bonchev–Trinajstić information content (AvgIpc) is 3.01. The first kappa shape index (κ1) is 18.1. The van der Waals surface area contributed by atoms with E-state index in [0.29, 0.717) is 35.5 Å². The van der Waals surface area contributed by atoms with Crippen LogP contribution in [0.2, 0.25) is 0 Å². The number of ketones is 1. The summed E-state index contributed by atoms with van der Waals surface area (Å²) in [5.41, 5.74) is 7.15. The number of amides is 1. The van der Waals surface area contributed by atoms with E-state index in [1.807, 2.05) is 0 Å². The minimum absolute atomic E-state index is 0.0248. The third-order valence-corrected chi connectivity index (χ3v) is 6.00. The first-order chi connectivity index (χ1) is 14.5. The quantitative estimate of drug-likeness (QED) is 0.766. The van der Waals surface area contributed by atoms with Gasteiger partial charge in [-0.1, -0.05) is 24.3 Å². The van der Waals surface area contributed by atoms with Crippen LogP contribution in [-0.2, 0) is 15.0 Å². The van der Waals surface area contributed by atoms with Gasteiger partial charge in [0.25, 0.3) is 0 Å². The van der Waals surface area contributed by atoms with Crippen molar-refractivity contribution < 1.29 is 14.0 Å². The standard InChI is InChI=1S/C23H17FN4O2/c24-13-5-3-6-14(11-13)28-18-9-4-10-19(29)20(18)23(16(12-25)21(28)26)15-7-1-2-8-17(15)27-22(23)30/h1-3,5-8,11H,4,9-10,26H2,(H,27,30)/t23-/m0/s1. The van der Waals surface area contributed by atoms with Gasteiger partial charge in [0.2, 0.25) is 5.91 Å². The topological polar surface area (TPSA) is 99.2 Å². The number of rotatable bonds is 1. The van der Waals surface area contributed by atoms with Gasteiger partial charge in [-0.25, -0.2) is 4.39 Å². The number of halogens is 1. The van der Waals surface area contributed by atoms with Crippen LogP contribution in [-0.4, -0.2) is 11.7 Å². The monoisotopic (exact) mass is 400 g/mol. The molecule has 2 aliphatic heterocycles. The number of para-hydroxylation sites is 1. The number of carbonyl (C=O) groups excluding carboxylic acids is 2. The van der Waals surface area contributed by atoms with Gasteiger partial charge >= 0.3 is 0 Å². The lowest BCUT2D eigenvalue weighted by atomic mass is 9.64. The molecule has 0 saturated heterocycles. The molecular formula is C23H17FN4O2. The molecule has 30 heavy (non-hydrogen) atoms. The van der Waals surface area contributed by atoms with Crippen molar-refractivity contribution in [2.75, 3.05) is 10.2 Å². The molecule has 148 valence electrons. The normalized spacial score (nSPS) is 22.7. The van der Waals surface area contributed by atoms with E-state index in [1.54, 1.807) is 35.2 Å². The summed E-state index contributed by atoms with van der Waals surface area (Å²) in [6.45, 7) is 0. The van der Waals surface area contributed by atoms with Crippen molar-refractivity contribution in [1.82, 2.24) is 0 Å².